The lowest BCUT2D eigenvalue weighted by atomic mass is 10.2. The maximum Gasteiger partial charge on any atom is 0.410 e. The van der Waals surface area contributed by atoms with Gasteiger partial charge in [0.1, 0.15) is 5.60 Å². The van der Waals surface area contributed by atoms with Crippen LogP contribution in [0.4, 0.5) is 4.79 Å². The number of ether oxygens (including phenoxy) is 1. The number of hydrogen-bond donors (Lipinski definition) is 0. The summed E-state index contributed by atoms with van der Waals surface area (Å²) in [5, 5.41) is 0. The van der Waals surface area contributed by atoms with E-state index in [2.05, 4.69) is 0 Å². The zero-order valence-electron chi connectivity index (χ0n) is 10.7. The van der Waals surface area contributed by atoms with Gasteiger partial charge in [0.2, 0.25) is 6.41 Å². The van der Waals surface area contributed by atoms with Crippen LogP contribution in [0.15, 0.2) is 0 Å². The van der Waals surface area contributed by atoms with Crippen molar-refractivity contribution in [3.05, 3.63) is 0 Å². The van der Waals surface area contributed by atoms with Crippen LogP contribution >= 0.6 is 0 Å². The van der Waals surface area contributed by atoms with Crippen molar-refractivity contribution in [2.24, 2.45) is 0 Å². The SMILES string of the molecule is CC(C)(C)OC(=O)N1C[C@H]2CC[C@@H](C1)N2C=O. The van der Waals surface area contributed by atoms with Crippen LogP contribution in [-0.2, 0) is 9.53 Å². The number of likely N-dealkylation sites (tertiary alicyclic amines) is 1. The van der Waals surface area contributed by atoms with Crippen LogP contribution in [-0.4, -0.2) is 53.1 Å². The van der Waals surface area contributed by atoms with E-state index in [1.54, 1.807) is 4.90 Å². The Morgan fingerprint density at radius 1 is 1.24 bits per heavy atom. The zero-order valence-corrected chi connectivity index (χ0v) is 10.7. The Hall–Kier alpha value is -1.26. The molecular weight excluding hydrogens is 220 g/mol. The molecule has 0 spiro atoms. The molecule has 2 rings (SSSR count). The smallest absolute Gasteiger partial charge is 0.410 e. The number of carbonyl (C=O) groups is 2. The number of rotatable bonds is 1. The third-order valence-electron chi connectivity index (χ3n) is 3.31. The van der Waals surface area contributed by atoms with E-state index < -0.39 is 5.60 Å². The Morgan fingerprint density at radius 2 is 1.76 bits per heavy atom. The van der Waals surface area contributed by atoms with Gasteiger partial charge in [-0.25, -0.2) is 4.79 Å². The van der Waals surface area contributed by atoms with Crippen molar-refractivity contribution in [1.82, 2.24) is 9.80 Å². The van der Waals surface area contributed by atoms with Crippen molar-refractivity contribution in [2.75, 3.05) is 13.1 Å². The lowest BCUT2D eigenvalue weighted by Crippen LogP contribution is -2.55. The lowest BCUT2D eigenvalue weighted by molar-refractivity contribution is -0.123. The molecule has 0 radical (unpaired) electrons. The van der Waals surface area contributed by atoms with Gasteiger partial charge in [0.15, 0.2) is 0 Å². The highest BCUT2D eigenvalue weighted by Crippen LogP contribution is 2.29. The molecule has 96 valence electrons. The molecule has 2 aliphatic rings. The van der Waals surface area contributed by atoms with Crippen LogP contribution in [0.2, 0.25) is 0 Å². The van der Waals surface area contributed by atoms with Gasteiger partial charge in [-0.2, -0.15) is 0 Å². The summed E-state index contributed by atoms with van der Waals surface area (Å²) in [6.45, 7) is 6.79. The quantitative estimate of drug-likeness (QED) is 0.648. The molecule has 0 N–H and O–H groups in total. The summed E-state index contributed by atoms with van der Waals surface area (Å²) in [6, 6.07) is 0.359. The topological polar surface area (TPSA) is 49.9 Å². The number of fused-ring (bicyclic) bond motifs is 2. The molecule has 2 amide bonds. The second-order valence-electron chi connectivity index (χ2n) is 5.82. The summed E-state index contributed by atoms with van der Waals surface area (Å²) in [5.41, 5.74) is -0.460. The number of piperazine rings is 1. The van der Waals surface area contributed by atoms with Gasteiger partial charge < -0.3 is 14.5 Å². The molecule has 5 heteroatoms. The van der Waals surface area contributed by atoms with Crippen LogP contribution in [0.5, 0.6) is 0 Å². The third-order valence-corrected chi connectivity index (χ3v) is 3.31. The molecule has 2 aliphatic heterocycles. The van der Waals surface area contributed by atoms with Crippen LogP contribution in [0.3, 0.4) is 0 Å². The number of amides is 2. The van der Waals surface area contributed by atoms with Gasteiger partial charge in [-0.3, -0.25) is 4.79 Å². The Balaban J connectivity index is 1.98. The predicted molar refractivity (Wildman–Crippen MR) is 62.5 cm³/mol. The molecule has 2 fully saturated rings. The summed E-state index contributed by atoms with van der Waals surface area (Å²) in [4.78, 5) is 26.4. The van der Waals surface area contributed by atoms with Gasteiger partial charge in [-0.05, 0) is 33.6 Å². The molecule has 2 bridgehead atoms. The average Bonchev–Trinajstić information content (AvgIpc) is 2.44. The Kier molecular flexibility index (Phi) is 3.02. The molecule has 17 heavy (non-hydrogen) atoms. The summed E-state index contributed by atoms with van der Waals surface area (Å²) in [6.07, 6.45) is 2.63. The van der Waals surface area contributed by atoms with Gasteiger partial charge in [0.25, 0.3) is 0 Å². The van der Waals surface area contributed by atoms with E-state index in [0.29, 0.717) is 13.1 Å². The van der Waals surface area contributed by atoms with Gasteiger partial charge >= 0.3 is 6.09 Å². The van der Waals surface area contributed by atoms with Crippen molar-refractivity contribution in [3.63, 3.8) is 0 Å². The number of nitrogens with zero attached hydrogens (tertiary/aromatic N) is 2. The van der Waals surface area contributed by atoms with Crippen molar-refractivity contribution >= 4 is 12.5 Å². The molecule has 0 aromatic carbocycles. The maximum atomic E-state index is 11.9. The van der Waals surface area contributed by atoms with Crippen LogP contribution < -0.4 is 0 Å². The fourth-order valence-electron chi connectivity index (χ4n) is 2.58. The molecule has 2 atom stereocenters. The first-order valence-electron chi connectivity index (χ1n) is 6.11. The van der Waals surface area contributed by atoms with Crippen molar-refractivity contribution < 1.29 is 14.3 Å². The summed E-state index contributed by atoms with van der Waals surface area (Å²) in [7, 11) is 0. The van der Waals surface area contributed by atoms with Gasteiger partial charge in [-0.1, -0.05) is 0 Å². The predicted octanol–water partition coefficient (Wildman–Crippen LogP) is 1.23. The summed E-state index contributed by atoms with van der Waals surface area (Å²) in [5.74, 6) is 0. The van der Waals surface area contributed by atoms with E-state index in [4.69, 9.17) is 4.74 Å². The van der Waals surface area contributed by atoms with Crippen LogP contribution in [0.25, 0.3) is 0 Å². The zero-order chi connectivity index (χ0) is 12.6. The lowest BCUT2D eigenvalue weighted by Gasteiger charge is -2.39. The number of carbonyl (C=O) groups excluding carboxylic acids is 2. The third kappa shape index (κ3) is 2.53. The molecule has 0 saturated carbocycles. The molecule has 2 heterocycles. The minimum absolute atomic E-state index is 0.179. The summed E-state index contributed by atoms with van der Waals surface area (Å²) >= 11 is 0. The minimum atomic E-state index is -0.460. The van der Waals surface area contributed by atoms with Gasteiger partial charge in [0.05, 0.1) is 0 Å². The fraction of sp³-hybridized carbons (Fsp3) is 0.833. The Morgan fingerprint density at radius 3 is 2.18 bits per heavy atom. The van der Waals surface area contributed by atoms with Crippen LogP contribution in [0.1, 0.15) is 33.6 Å². The van der Waals surface area contributed by atoms with E-state index in [0.717, 1.165) is 19.3 Å². The van der Waals surface area contributed by atoms with Crippen molar-refractivity contribution in [1.29, 1.82) is 0 Å². The highest BCUT2D eigenvalue weighted by Gasteiger charge is 2.41. The van der Waals surface area contributed by atoms with E-state index in [-0.39, 0.29) is 18.2 Å². The molecule has 0 unspecified atom stereocenters. The first-order valence-corrected chi connectivity index (χ1v) is 6.11. The van der Waals surface area contributed by atoms with E-state index >= 15 is 0 Å². The van der Waals surface area contributed by atoms with E-state index in [9.17, 15) is 9.59 Å². The molecular formula is C12H20N2O3. The van der Waals surface area contributed by atoms with Gasteiger partial charge in [-0.15, -0.1) is 0 Å². The molecule has 0 aliphatic carbocycles. The summed E-state index contributed by atoms with van der Waals surface area (Å²) < 4.78 is 5.35. The van der Waals surface area contributed by atoms with E-state index in [1.807, 2.05) is 25.7 Å². The molecule has 2 saturated heterocycles. The molecule has 0 aromatic rings. The standard InChI is InChI=1S/C12H20N2O3/c1-12(2,3)17-11(16)13-6-9-4-5-10(7-13)14(9)8-15/h8-10H,4-7H2,1-3H3/t9-,10+. The monoisotopic (exact) mass is 240 g/mol. The molecule has 5 nitrogen and oxygen atoms in total. The minimum Gasteiger partial charge on any atom is -0.444 e. The average molecular weight is 240 g/mol. The Bertz CT molecular complexity index is 310. The largest absolute Gasteiger partial charge is 0.444 e. The Labute approximate surface area is 102 Å². The highest BCUT2D eigenvalue weighted by molar-refractivity contribution is 5.69. The van der Waals surface area contributed by atoms with Gasteiger partial charge in [0, 0.05) is 25.2 Å². The van der Waals surface area contributed by atoms with E-state index in [1.165, 1.54) is 0 Å². The maximum absolute atomic E-state index is 11.9. The first kappa shape index (κ1) is 12.2. The molecule has 0 aromatic heterocycles. The second kappa shape index (κ2) is 4.20. The number of hydrogen-bond acceptors (Lipinski definition) is 3. The second-order valence-corrected chi connectivity index (χ2v) is 5.82. The van der Waals surface area contributed by atoms with Crippen molar-refractivity contribution in [2.45, 2.75) is 51.3 Å². The normalized spacial score (nSPS) is 28.2. The van der Waals surface area contributed by atoms with Crippen LogP contribution in [0, 0.1) is 0 Å². The first-order chi connectivity index (χ1) is 7.90. The highest BCUT2D eigenvalue weighted by atomic mass is 16.6. The van der Waals surface area contributed by atoms with Crippen molar-refractivity contribution in [3.8, 4) is 0 Å². The fourth-order valence-corrected chi connectivity index (χ4v) is 2.58.